The van der Waals surface area contributed by atoms with E-state index in [9.17, 15) is 14.4 Å². The first-order chi connectivity index (χ1) is 20.1. The number of unbranched alkanes of at least 4 members (excludes halogenated alkanes) is 3. The molecule has 0 unspecified atom stereocenters. The van der Waals surface area contributed by atoms with Crippen LogP contribution in [-0.4, -0.2) is 73.2 Å². The van der Waals surface area contributed by atoms with Gasteiger partial charge in [0.2, 0.25) is 5.88 Å². The maximum Gasteiger partial charge on any atom is 0.410 e. The molecule has 0 aliphatic carbocycles. The molecular weight excluding hydrogens is 540 g/mol. The van der Waals surface area contributed by atoms with Gasteiger partial charge in [0.1, 0.15) is 5.60 Å². The number of nitrogen functional groups attached to an aromatic ring is 1. The molecule has 1 aliphatic rings. The van der Waals surface area contributed by atoms with Crippen molar-refractivity contribution < 1.29 is 23.9 Å². The normalized spacial score (nSPS) is 14.0. The van der Waals surface area contributed by atoms with Gasteiger partial charge < -0.3 is 25.4 Å². The lowest BCUT2D eigenvalue weighted by Gasteiger charge is -2.33. The molecule has 226 valence electrons. The molecule has 3 aromatic heterocycles. The molecule has 42 heavy (non-hydrogen) atoms. The number of amides is 2. The van der Waals surface area contributed by atoms with E-state index in [1.54, 1.807) is 34.1 Å². The van der Waals surface area contributed by atoms with E-state index in [2.05, 4.69) is 20.5 Å². The van der Waals surface area contributed by atoms with Crippen molar-refractivity contribution >= 4 is 24.2 Å². The quantitative estimate of drug-likeness (QED) is 0.240. The fourth-order valence-electron chi connectivity index (χ4n) is 4.76. The van der Waals surface area contributed by atoms with E-state index in [0.29, 0.717) is 50.3 Å². The molecule has 0 saturated carbocycles. The Morgan fingerprint density at radius 3 is 2.62 bits per heavy atom. The topological polar surface area (TPSA) is 159 Å². The first-order valence-corrected chi connectivity index (χ1v) is 14.3. The van der Waals surface area contributed by atoms with E-state index in [1.807, 2.05) is 37.7 Å². The SMILES string of the molecule is CC(C)(C)OC(=O)N1CCC(n2cc(N)c(C(=O)NCCCCCCn3cc(-c4cccc(OC=O)n4)cn3)n2)CC1. The van der Waals surface area contributed by atoms with Gasteiger partial charge in [-0.3, -0.25) is 19.0 Å². The Hall–Kier alpha value is -4.42. The molecule has 4 rings (SSSR count). The highest BCUT2D eigenvalue weighted by atomic mass is 16.6. The van der Waals surface area contributed by atoms with Crippen LogP contribution in [0.5, 0.6) is 5.88 Å². The highest BCUT2D eigenvalue weighted by Crippen LogP contribution is 2.25. The molecule has 0 bridgehead atoms. The minimum absolute atomic E-state index is 0.0660. The second-order valence-corrected chi connectivity index (χ2v) is 11.3. The van der Waals surface area contributed by atoms with Crippen LogP contribution in [0.2, 0.25) is 0 Å². The Labute approximate surface area is 245 Å². The molecule has 0 radical (unpaired) electrons. The highest BCUT2D eigenvalue weighted by molar-refractivity contribution is 5.97. The molecule has 1 saturated heterocycles. The summed E-state index contributed by atoms with van der Waals surface area (Å²) in [4.78, 5) is 41.6. The number of rotatable bonds is 12. The Morgan fingerprint density at radius 2 is 1.88 bits per heavy atom. The molecule has 13 nitrogen and oxygen atoms in total. The molecule has 0 aromatic carbocycles. The number of aromatic nitrogens is 5. The number of pyridine rings is 1. The minimum Gasteiger partial charge on any atom is -0.444 e. The van der Waals surface area contributed by atoms with Gasteiger partial charge in [-0.05, 0) is 52.5 Å². The zero-order valence-electron chi connectivity index (χ0n) is 24.5. The number of likely N-dealkylation sites (tertiary alicyclic amines) is 1. The number of anilines is 1. The van der Waals surface area contributed by atoms with Gasteiger partial charge in [-0.1, -0.05) is 18.9 Å². The van der Waals surface area contributed by atoms with Gasteiger partial charge in [-0.25, -0.2) is 9.78 Å². The fraction of sp³-hybridized carbons (Fsp3) is 0.517. The molecule has 1 aliphatic heterocycles. The van der Waals surface area contributed by atoms with Crippen molar-refractivity contribution in [2.24, 2.45) is 0 Å². The van der Waals surface area contributed by atoms with Gasteiger partial charge in [-0.15, -0.1) is 0 Å². The van der Waals surface area contributed by atoms with Crippen molar-refractivity contribution in [2.75, 3.05) is 25.4 Å². The number of carbonyl (C=O) groups excluding carboxylic acids is 3. The number of ether oxygens (including phenoxy) is 2. The zero-order chi connectivity index (χ0) is 30.1. The van der Waals surface area contributed by atoms with Crippen LogP contribution in [0, 0.1) is 0 Å². The molecule has 0 spiro atoms. The van der Waals surface area contributed by atoms with E-state index in [1.165, 1.54) is 0 Å². The standard InChI is InChI=1S/C29H40N8O5/c1-29(2,3)42-28(40)35-15-11-22(12-16-35)37-19-23(30)26(34-37)27(39)31-13-6-4-5-7-14-36-18-21(17-32-36)24-9-8-10-25(33-24)41-20-38/h8-10,17-20,22H,4-7,11-16,30H2,1-3H3,(H,31,39). The van der Waals surface area contributed by atoms with E-state index < -0.39 is 5.60 Å². The van der Waals surface area contributed by atoms with Crippen LogP contribution in [0.4, 0.5) is 10.5 Å². The lowest BCUT2D eigenvalue weighted by molar-refractivity contribution is -0.120. The van der Waals surface area contributed by atoms with Gasteiger partial charge >= 0.3 is 6.09 Å². The van der Waals surface area contributed by atoms with E-state index in [-0.39, 0.29) is 29.6 Å². The number of aryl methyl sites for hydroxylation is 1. The Kier molecular flexibility index (Phi) is 10.2. The average Bonchev–Trinajstić information content (AvgIpc) is 3.59. The number of carbonyl (C=O) groups is 3. The summed E-state index contributed by atoms with van der Waals surface area (Å²) >= 11 is 0. The second kappa shape index (κ2) is 14.0. The van der Waals surface area contributed by atoms with Crippen molar-refractivity contribution in [3.8, 4) is 17.1 Å². The smallest absolute Gasteiger partial charge is 0.410 e. The maximum absolute atomic E-state index is 12.7. The Bertz CT molecular complexity index is 1350. The van der Waals surface area contributed by atoms with Crippen molar-refractivity contribution in [3.63, 3.8) is 0 Å². The van der Waals surface area contributed by atoms with Gasteiger partial charge in [-0.2, -0.15) is 10.2 Å². The number of nitrogens with zero attached hydrogens (tertiary/aromatic N) is 6. The zero-order valence-corrected chi connectivity index (χ0v) is 24.5. The average molecular weight is 581 g/mol. The Balaban J connectivity index is 1.13. The number of nitrogens with one attached hydrogen (secondary N) is 1. The summed E-state index contributed by atoms with van der Waals surface area (Å²) in [6.45, 7) is 8.34. The monoisotopic (exact) mass is 580 g/mol. The first kappa shape index (κ1) is 30.5. The van der Waals surface area contributed by atoms with Crippen molar-refractivity contribution in [1.29, 1.82) is 0 Å². The summed E-state index contributed by atoms with van der Waals surface area (Å²) in [7, 11) is 0. The number of hydrogen-bond donors (Lipinski definition) is 2. The van der Waals surface area contributed by atoms with Gasteiger partial charge in [0, 0.05) is 50.2 Å². The summed E-state index contributed by atoms with van der Waals surface area (Å²) in [5.41, 5.74) is 7.70. The summed E-state index contributed by atoms with van der Waals surface area (Å²) in [5.74, 6) is -0.0338. The summed E-state index contributed by atoms with van der Waals surface area (Å²) in [6.07, 6.45) is 10.2. The van der Waals surface area contributed by atoms with Crippen molar-refractivity contribution in [3.05, 3.63) is 42.5 Å². The van der Waals surface area contributed by atoms with Crippen LogP contribution >= 0.6 is 0 Å². The van der Waals surface area contributed by atoms with Crippen LogP contribution in [0.25, 0.3) is 11.3 Å². The third-order valence-electron chi connectivity index (χ3n) is 6.89. The van der Waals surface area contributed by atoms with E-state index in [0.717, 1.165) is 37.8 Å². The number of nitrogens with two attached hydrogens (primary N) is 1. The second-order valence-electron chi connectivity index (χ2n) is 11.3. The molecular formula is C29H40N8O5. The summed E-state index contributed by atoms with van der Waals surface area (Å²) in [5, 5.41) is 11.8. The largest absolute Gasteiger partial charge is 0.444 e. The highest BCUT2D eigenvalue weighted by Gasteiger charge is 2.28. The predicted octanol–water partition coefficient (Wildman–Crippen LogP) is 3.82. The molecule has 0 atom stereocenters. The van der Waals surface area contributed by atoms with Crippen LogP contribution < -0.4 is 15.8 Å². The van der Waals surface area contributed by atoms with E-state index >= 15 is 0 Å². The van der Waals surface area contributed by atoms with Crippen LogP contribution in [-0.2, 0) is 16.1 Å². The van der Waals surface area contributed by atoms with Crippen molar-refractivity contribution in [2.45, 2.75) is 77.5 Å². The van der Waals surface area contributed by atoms with Crippen LogP contribution in [0.1, 0.15) is 75.8 Å². The molecule has 3 N–H and O–H groups in total. The molecule has 3 aromatic rings. The maximum atomic E-state index is 12.7. The first-order valence-electron chi connectivity index (χ1n) is 14.3. The molecule has 4 heterocycles. The molecule has 2 amide bonds. The fourth-order valence-corrected chi connectivity index (χ4v) is 4.76. The molecule has 13 heteroatoms. The molecule has 1 fully saturated rings. The minimum atomic E-state index is -0.528. The van der Waals surface area contributed by atoms with Gasteiger partial charge in [0.15, 0.2) is 5.69 Å². The summed E-state index contributed by atoms with van der Waals surface area (Å²) in [6, 6.07) is 5.29. The Morgan fingerprint density at radius 1 is 1.12 bits per heavy atom. The number of piperidine rings is 1. The lowest BCUT2D eigenvalue weighted by atomic mass is 10.1. The third-order valence-corrected chi connectivity index (χ3v) is 6.89. The number of hydrogen-bond acceptors (Lipinski definition) is 9. The van der Waals surface area contributed by atoms with E-state index in [4.69, 9.17) is 15.2 Å². The predicted molar refractivity (Wildman–Crippen MR) is 156 cm³/mol. The lowest BCUT2D eigenvalue weighted by Crippen LogP contribution is -2.42. The van der Waals surface area contributed by atoms with Gasteiger partial charge in [0.05, 0.1) is 23.6 Å². The van der Waals surface area contributed by atoms with Crippen LogP contribution in [0.15, 0.2) is 36.8 Å². The third kappa shape index (κ3) is 8.54. The van der Waals surface area contributed by atoms with Crippen molar-refractivity contribution in [1.82, 2.24) is 34.8 Å². The van der Waals surface area contributed by atoms with Gasteiger partial charge in [0.25, 0.3) is 12.4 Å². The van der Waals surface area contributed by atoms with Crippen LogP contribution in [0.3, 0.4) is 0 Å². The summed E-state index contributed by atoms with van der Waals surface area (Å²) < 4.78 is 13.9.